The van der Waals surface area contributed by atoms with Crippen molar-refractivity contribution >= 4 is 11.8 Å². The van der Waals surface area contributed by atoms with Crippen LogP contribution in [0.3, 0.4) is 0 Å². The molecule has 4 nitrogen and oxygen atoms in total. The highest BCUT2D eigenvalue weighted by Gasteiger charge is 2.34. The zero-order valence-electron chi connectivity index (χ0n) is 13.1. The average Bonchev–Trinajstić information content (AvgIpc) is 2.58. The third-order valence-corrected chi connectivity index (χ3v) is 4.17. The van der Waals surface area contributed by atoms with Crippen molar-refractivity contribution in [2.75, 3.05) is 7.05 Å². The predicted octanol–water partition coefficient (Wildman–Crippen LogP) is 2.28. The maximum atomic E-state index is 13.4. The van der Waals surface area contributed by atoms with Gasteiger partial charge in [-0.25, -0.2) is 8.78 Å². The van der Waals surface area contributed by atoms with Crippen molar-refractivity contribution < 1.29 is 18.4 Å². The zero-order chi connectivity index (χ0) is 17.3. The maximum absolute atomic E-state index is 13.4. The molecule has 2 aromatic carbocycles. The number of likely N-dealkylation sites (N-methyl/N-ethyl adjacent to an activating group) is 1. The Balaban J connectivity index is 1.99. The second kappa shape index (κ2) is 6.39. The predicted molar refractivity (Wildman–Crippen MR) is 84.2 cm³/mol. The number of hydrogen-bond donors (Lipinski definition) is 1. The number of benzene rings is 2. The van der Waals surface area contributed by atoms with Crippen molar-refractivity contribution in [3.8, 4) is 0 Å². The second-order valence-corrected chi connectivity index (χ2v) is 5.69. The molecule has 0 radical (unpaired) electrons. The summed E-state index contributed by atoms with van der Waals surface area (Å²) in [5.74, 6) is -2.54. The van der Waals surface area contributed by atoms with Crippen molar-refractivity contribution in [3.05, 3.63) is 70.8 Å². The number of amides is 2. The molecule has 2 amide bonds. The van der Waals surface area contributed by atoms with Crippen LogP contribution in [0.5, 0.6) is 0 Å². The molecule has 0 spiro atoms. The number of carbonyl (C=O) groups is 2. The van der Waals surface area contributed by atoms with Gasteiger partial charge in [0.15, 0.2) is 0 Å². The van der Waals surface area contributed by atoms with E-state index in [4.69, 9.17) is 0 Å². The van der Waals surface area contributed by atoms with E-state index >= 15 is 0 Å². The van der Waals surface area contributed by atoms with Gasteiger partial charge in [-0.3, -0.25) is 9.59 Å². The van der Waals surface area contributed by atoms with E-state index in [0.717, 1.165) is 23.3 Å². The minimum absolute atomic E-state index is 0.110. The molecule has 0 saturated heterocycles. The van der Waals surface area contributed by atoms with E-state index in [1.807, 2.05) is 24.3 Å². The number of carbonyl (C=O) groups excluding carboxylic acids is 2. The van der Waals surface area contributed by atoms with E-state index in [0.29, 0.717) is 12.5 Å². The molecule has 0 bridgehead atoms. The Hall–Kier alpha value is -2.76. The molecule has 24 heavy (non-hydrogen) atoms. The molecular weight excluding hydrogens is 314 g/mol. The molecule has 1 atom stereocenters. The van der Waals surface area contributed by atoms with Crippen molar-refractivity contribution in [1.29, 1.82) is 0 Å². The normalized spacial score (nSPS) is 16.5. The Kier molecular flexibility index (Phi) is 4.29. The number of halogens is 2. The molecule has 0 unspecified atom stereocenters. The molecule has 1 aliphatic rings. The first-order valence-electron chi connectivity index (χ1n) is 7.55. The smallest absolute Gasteiger partial charge is 0.255 e. The lowest BCUT2D eigenvalue weighted by molar-refractivity contribution is -0.125. The lowest BCUT2D eigenvalue weighted by atomic mass is 9.93. The van der Waals surface area contributed by atoms with Crippen LogP contribution < -0.4 is 5.32 Å². The molecular formula is C18H16F2N2O2. The van der Waals surface area contributed by atoms with Crippen LogP contribution in [0.25, 0.3) is 0 Å². The van der Waals surface area contributed by atoms with Crippen LogP contribution in [0.2, 0.25) is 0 Å². The van der Waals surface area contributed by atoms with Crippen LogP contribution in [0, 0.1) is 11.6 Å². The Bertz CT molecular complexity index is 787. The molecule has 0 fully saturated rings. The first-order valence-corrected chi connectivity index (χ1v) is 7.55. The van der Waals surface area contributed by atoms with E-state index < -0.39 is 23.6 Å². The summed E-state index contributed by atoms with van der Waals surface area (Å²) in [4.78, 5) is 26.3. The lowest BCUT2D eigenvalue weighted by Gasteiger charge is -2.35. The number of nitrogens with one attached hydrogen (secondary N) is 1. The Morgan fingerprint density at radius 1 is 1.08 bits per heavy atom. The van der Waals surface area contributed by atoms with E-state index in [1.54, 1.807) is 0 Å². The summed E-state index contributed by atoms with van der Waals surface area (Å²) >= 11 is 0. The van der Waals surface area contributed by atoms with Gasteiger partial charge < -0.3 is 10.2 Å². The van der Waals surface area contributed by atoms with Crippen molar-refractivity contribution in [3.63, 3.8) is 0 Å². The minimum Gasteiger partial charge on any atom is -0.357 e. The zero-order valence-corrected chi connectivity index (χ0v) is 13.1. The standard InChI is InChI=1S/C18H16F2N2O2/c1-21-17(23)16-8-11-4-2-3-5-12(11)10-22(16)18(24)13-6-14(19)9-15(20)7-13/h2-7,9,16H,8,10H2,1H3,(H,21,23)/t16-/m1/s1. The van der Waals surface area contributed by atoms with E-state index in [1.165, 1.54) is 11.9 Å². The molecule has 0 aliphatic carbocycles. The van der Waals surface area contributed by atoms with Gasteiger partial charge in [0, 0.05) is 31.6 Å². The van der Waals surface area contributed by atoms with E-state index in [9.17, 15) is 18.4 Å². The van der Waals surface area contributed by atoms with Gasteiger partial charge in [0.05, 0.1) is 0 Å². The quantitative estimate of drug-likeness (QED) is 0.918. The summed E-state index contributed by atoms with van der Waals surface area (Å²) in [6.07, 6.45) is 0.361. The molecule has 6 heteroatoms. The molecule has 2 aromatic rings. The Morgan fingerprint density at radius 3 is 2.33 bits per heavy atom. The minimum atomic E-state index is -0.827. The van der Waals surface area contributed by atoms with Gasteiger partial charge in [-0.05, 0) is 23.3 Å². The molecule has 0 saturated carbocycles. The molecule has 3 rings (SSSR count). The Labute approximate surface area is 138 Å². The summed E-state index contributed by atoms with van der Waals surface area (Å²) in [5.41, 5.74) is 1.80. The van der Waals surface area contributed by atoms with Crippen molar-refractivity contribution in [2.45, 2.75) is 19.0 Å². The van der Waals surface area contributed by atoms with Gasteiger partial charge in [-0.2, -0.15) is 0 Å². The van der Waals surface area contributed by atoms with Gasteiger partial charge in [-0.1, -0.05) is 24.3 Å². The van der Waals surface area contributed by atoms with Gasteiger partial charge >= 0.3 is 0 Å². The van der Waals surface area contributed by atoms with Gasteiger partial charge in [0.2, 0.25) is 5.91 Å². The van der Waals surface area contributed by atoms with Crippen LogP contribution in [-0.2, 0) is 17.8 Å². The summed E-state index contributed by atoms with van der Waals surface area (Å²) < 4.78 is 26.9. The monoisotopic (exact) mass is 330 g/mol. The third kappa shape index (κ3) is 2.99. The average molecular weight is 330 g/mol. The van der Waals surface area contributed by atoms with Crippen molar-refractivity contribution in [1.82, 2.24) is 10.2 Å². The summed E-state index contributed by atoms with van der Waals surface area (Å²) in [7, 11) is 1.49. The highest BCUT2D eigenvalue weighted by atomic mass is 19.1. The first kappa shape index (κ1) is 16.1. The van der Waals surface area contributed by atoms with Crippen LogP contribution in [0.1, 0.15) is 21.5 Å². The van der Waals surface area contributed by atoms with E-state index in [-0.39, 0.29) is 18.0 Å². The first-order chi connectivity index (χ1) is 11.5. The molecule has 1 aliphatic heterocycles. The molecule has 1 N–H and O–H groups in total. The Morgan fingerprint density at radius 2 is 1.71 bits per heavy atom. The van der Waals surface area contributed by atoms with Gasteiger partial charge in [-0.15, -0.1) is 0 Å². The SMILES string of the molecule is CNC(=O)[C@H]1Cc2ccccc2CN1C(=O)c1cc(F)cc(F)c1. The van der Waals surface area contributed by atoms with Crippen LogP contribution >= 0.6 is 0 Å². The van der Waals surface area contributed by atoms with Gasteiger partial charge in [0.25, 0.3) is 5.91 Å². The lowest BCUT2D eigenvalue weighted by Crippen LogP contribution is -2.52. The van der Waals surface area contributed by atoms with Gasteiger partial charge in [0.1, 0.15) is 17.7 Å². The summed E-state index contributed by atoms with van der Waals surface area (Å²) in [6.45, 7) is 0.214. The van der Waals surface area contributed by atoms with Crippen LogP contribution in [-0.4, -0.2) is 29.8 Å². The van der Waals surface area contributed by atoms with Crippen LogP contribution in [0.4, 0.5) is 8.78 Å². The fourth-order valence-corrected chi connectivity index (χ4v) is 2.98. The fraction of sp³-hybridized carbons (Fsp3) is 0.222. The highest BCUT2D eigenvalue weighted by molar-refractivity contribution is 5.98. The topological polar surface area (TPSA) is 49.4 Å². The van der Waals surface area contributed by atoms with Crippen molar-refractivity contribution in [2.24, 2.45) is 0 Å². The summed E-state index contributed by atoms with van der Waals surface area (Å²) in [6, 6.07) is 9.46. The third-order valence-electron chi connectivity index (χ3n) is 4.17. The largest absolute Gasteiger partial charge is 0.357 e. The highest BCUT2D eigenvalue weighted by Crippen LogP contribution is 2.25. The molecule has 0 aromatic heterocycles. The summed E-state index contributed by atoms with van der Waals surface area (Å²) in [5, 5.41) is 2.54. The second-order valence-electron chi connectivity index (χ2n) is 5.69. The maximum Gasteiger partial charge on any atom is 0.255 e. The molecule has 124 valence electrons. The number of fused-ring (bicyclic) bond motifs is 1. The number of rotatable bonds is 2. The number of hydrogen-bond acceptors (Lipinski definition) is 2. The van der Waals surface area contributed by atoms with Crippen LogP contribution in [0.15, 0.2) is 42.5 Å². The van der Waals surface area contributed by atoms with E-state index in [2.05, 4.69) is 5.32 Å². The molecule has 1 heterocycles. The number of nitrogens with zero attached hydrogens (tertiary/aromatic N) is 1. The fourth-order valence-electron chi connectivity index (χ4n) is 2.98.